The maximum atomic E-state index is 11.9. The zero-order valence-corrected chi connectivity index (χ0v) is 14.1. The van der Waals surface area contributed by atoms with Gasteiger partial charge in [0.15, 0.2) is 0 Å². The lowest BCUT2D eigenvalue weighted by atomic mass is 10.2. The summed E-state index contributed by atoms with van der Waals surface area (Å²) in [6.45, 7) is 1.02. The van der Waals surface area contributed by atoms with E-state index in [0.717, 1.165) is 3.57 Å². The lowest BCUT2D eigenvalue weighted by Gasteiger charge is -2.07. The van der Waals surface area contributed by atoms with Crippen molar-refractivity contribution in [1.29, 1.82) is 0 Å². The van der Waals surface area contributed by atoms with E-state index in [2.05, 4.69) is 27.9 Å². The van der Waals surface area contributed by atoms with Gasteiger partial charge in [0, 0.05) is 34.5 Å². The smallest absolute Gasteiger partial charge is 0.251 e. The molecule has 2 aromatic rings. The molecule has 0 aliphatic rings. The van der Waals surface area contributed by atoms with Crippen molar-refractivity contribution in [3.05, 3.63) is 67.1 Å². The van der Waals surface area contributed by atoms with E-state index < -0.39 is 0 Å². The van der Waals surface area contributed by atoms with E-state index in [1.165, 1.54) is 6.07 Å². The van der Waals surface area contributed by atoms with E-state index in [4.69, 9.17) is 11.6 Å². The van der Waals surface area contributed by atoms with Crippen molar-refractivity contribution in [2.45, 2.75) is 13.0 Å². The topological polar surface area (TPSA) is 51.1 Å². The van der Waals surface area contributed by atoms with Crippen molar-refractivity contribution in [1.82, 2.24) is 9.88 Å². The normalized spacial score (nSPS) is 10.4. The van der Waals surface area contributed by atoms with Crippen LogP contribution in [0.15, 0.2) is 47.4 Å². The number of nitrogens with zero attached hydrogens (tertiary/aromatic N) is 1. The zero-order valence-electron chi connectivity index (χ0n) is 11.2. The SMILES string of the molecule is O=C(NCCCn1cc(Cl)ccc1=O)c1ccc(I)cc1. The number of nitrogens with one attached hydrogen (secondary N) is 1. The molecule has 0 fully saturated rings. The Morgan fingerprint density at radius 3 is 2.62 bits per heavy atom. The molecule has 110 valence electrons. The second-order valence-corrected chi connectivity index (χ2v) is 6.18. The van der Waals surface area contributed by atoms with Gasteiger partial charge in [0.1, 0.15) is 0 Å². The van der Waals surface area contributed by atoms with E-state index in [1.807, 2.05) is 12.1 Å². The molecule has 4 nitrogen and oxygen atoms in total. The largest absolute Gasteiger partial charge is 0.352 e. The van der Waals surface area contributed by atoms with Crippen LogP contribution in [0.3, 0.4) is 0 Å². The van der Waals surface area contributed by atoms with Gasteiger partial charge >= 0.3 is 0 Å². The number of carbonyl (C=O) groups is 1. The van der Waals surface area contributed by atoms with Gasteiger partial charge in [-0.25, -0.2) is 0 Å². The third-order valence-electron chi connectivity index (χ3n) is 2.92. The molecule has 0 bridgehead atoms. The molecular formula is C15H14ClIN2O2. The van der Waals surface area contributed by atoms with Gasteiger partial charge in [0.05, 0.1) is 5.02 Å². The summed E-state index contributed by atoms with van der Waals surface area (Å²) in [5, 5.41) is 3.36. The fourth-order valence-electron chi connectivity index (χ4n) is 1.83. The van der Waals surface area contributed by atoms with Gasteiger partial charge in [0.25, 0.3) is 11.5 Å². The minimum atomic E-state index is -0.107. The fourth-order valence-corrected chi connectivity index (χ4v) is 2.37. The Labute approximate surface area is 141 Å². The van der Waals surface area contributed by atoms with E-state index >= 15 is 0 Å². The molecule has 1 aromatic carbocycles. The highest BCUT2D eigenvalue weighted by atomic mass is 127. The fraction of sp³-hybridized carbons (Fsp3) is 0.200. The van der Waals surface area contributed by atoms with Gasteiger partial charge < -0.3 is 9.88 Å². The van der Waals surface area contributed by atoms with Crippen LogP contribution in [-0.4, -0.2) is 17.0 Å². The summed E-state index contributed by atoms with van der Waals surface area (Å²) in [5.41, 5.74) is 0.540. The van der Waals surface area contributed by atoms with Crippen LogP contribution in [-0.2, 0) is 6.54 Å². The molecule has 0 radical (unpaired) electrons. The van der Waals surface area contributed by atoms with Crippen molar-refractivity contribution in [2.75, 3.05) is 6.54 Å². The van der Waals surface area contributed by atoms with E-state index in [-0.39, 0.29) is 11.5 Å². The molecule has 2 rings (SSSR count). The average Bonchev–Trinajstić information content (AvgIpc) is 2.47. The summed E-state index contributed by atoms with van der Waals surface area (Å²) in [4.78, 5) is 23.5. The first-order valence-electron chi connectivity index (χ1n) is 6.46. The third-order valence-corrected chi connectivity index (χ3v) is 3.86. The molecule has 1 heterocycles. The van der Waals surface area contributed by atoms with Crippen LogP contribution in [0.5, 0.6) is 0 Å². The zero-order chi connectivity index (χ0) is 15.2. The number of hydrogen-bond donors (Lipinski definition) is 1. The molecule has 0 aliphatic heterocycles. The van der Waals surface area contributed by atoms with E-state index in [0.29, 0.717) is 30.1 Å². The van der Waals surface area contributed by atoms with Crippen molar-refractivity contribution in [3.63, 3.8) is 0 Å². The van der Waals surface area contributed by atoms with Gasteiger partial charge in [-0.2, -0.15) is 0 Å². The lowest BCUT2D eigenvalue weighted by molar-refractivity contribution is 0.0952. The second kappa shape index (κ2) is 7.61. The molecule has 0 saturated heterocycles. The molecular weight excluding hydrogens is 403 g/mol. The molecule has 1 N–H and O–H groups in total. The molecule has 0 atom stereocenters. The molecule has 0 saturated carbocycles. The number of aromatic nitrogens is 1. The molecule has 21 heavy (non-hydrogen) atoms. The molecule has 0 unspecified atom stereocenters. The maximum Gasteiger partial charge on any atom is 0.251 e. The highest BCUT2D eigenvalue weighted by Crippen LogP contribution is 2.06. The van der Waals surface area contributed by atoms with Gasteiger partial charge in [-0.3, -0.25) is 9.59 Å². The number of rotatable bonds is 5. The number of benzene rings is 1. The number of carbonyl (C=O) groups excluding carboxylic acids is 1. The van der Waals surface area contributed by atoms with Crippen LogP contribution in [0.25, 0.3) is 0 Å². The van der Waals surface area contributed by atoms with Gasteiger partial charge in [0.2, 0.25) is 0 Å². The molecule has 1 aromatic heterocycles. The molecule has 0 spiro atoms. The first kappa shape index (κ1) is 16.0. The Morgan fingerprint density at radius 2 is 1.90 bits per heavy atom. The predicted octanol–water partition coefficient (Wildman–Crippen LogP) is 2.93. The van der Waals surface area contributed by atoms with Crippen LogP contribution in [0.1, 0.15) is 16.8 Å². The van der Waals surface area contributed by atoms with Crippen molar-refractivity contribution in [2.24, 2.45) is 0 Å². The standard InChI is InChI=1S/C15H14ClIN2O2/c16-12-4-7-14(20)19(10-12)9-1-8-18-15(21)11-2-5-13(17)6-3-11/h2-7,10H,1,8-9H2,(H,18,21). The number of pyridine rings is 1. The predicted molar refractivity (Wildman–Crippen MR) is 91.8 cm³/mol. The Morgan fingerprint density at radius 1 is 1.19 bits per heavy atom. The highest BCUT2D eigenvalue weighted by Gasteiger charge is 2.04. The Balaban J connectivity index is 1.82. The van der Waals surface area contributed by atoms with Gasteiger partial charge in [-0.1, -0.05) is 11.6 Å². The summed E-state index contributed by atoms with van der Waals surface area (Å²) in [5.74, 6) is -0.107. The Kier molecular flexibility index (Phi) is 5.81. The molecule has 6 heteroatoms. The third kappa shape index (κ3) is 4.86. The number of hydrogen-bond acceptors (Lipinski definition) is 2. The lowest BCUT2D eigenvalue weighted by Crippen LogP contribution is -2.26. The van der Waals surface area contributed by atoms with Gasteiger partial charge in [-0.15, -0.1) is 0 Å². The van der Waals surface area contributed by atoms with Crippen LogP contribution >= 0.6 is 34.2 Å². The monoisotopic (exact) mass is 416 g/mol. The maximum absolute atomic E-state index is 11.9. The van der Waals surface area contributed by atoms with Crippen molar-refractivity contribution in [3.8, 4) is 0 Å². The summed E-state index contributed by atoms with van der Waals surface area (Å²) < 4.78 is 2.63. The molecule has 1 amide bonds. The molecule has 0 aliphatic carbocycles. The van der Waals surface area contributed by atoms with Crippen LogP contribution in [0, 0.1) is 3.57 Å². The van der Waals surface area contributed by atoms with E-state index in [1.54, 1.807) is 29.0 Å². The first-order valence-corrected chi connectivity index (χ1v) is 7.92. The minimum Gasteiger partial charge on any atom is -0.352 e. The number of amides is 1. The quantitative estimate of drug-likeness (QED) is 0.602. The van der Waals surface area contributed by atoms with Crippen LogP contribution < -0.4 is 10.9 Å². The first-order chi connectivity index (χ1) is 10.1. The summed E-state index contributed by atoms with van der Waals surface area (Å²) in [6.07, 6.45) is 2.27. The average molecular weight is 417 g/mol. The highest BCUT2D eigenvalue weighted by molar-refractivity contribution is 14.1. The minimum absolute atomic E-state index is 0.0941. The van der Waals surface area contributed by atoms with Crippen LogP contribution in [0.2, 0.25) is 5.02 Å². The Bertz CT molecular complexity index is 683. The number of aryl methyl sites for hydroxylation is 1. The van der Waals surface area contributed by atoms with E-state index in [9.17, 15) is 9.59 Å². The van der Waals surface area contributed by atoms with Crippen molar-refractivity contribution < 1.29 is 4.79 Å². The number of halogens is 2. The van der Waals surface area contributed by atoms with Gasteiger partial charge in [-0.05, 0) is 59.3 Å². The Hall–Kier alpha value is -1.34. The summed E-state index contributed by atoms with van der Waals surface area (Å²) >= 11 is 8.03. The van der Waals surface area contributed by atoms with Crippen molar-refractivity contribution >= 4 is 40.1 Å². The summed E-state index contributed by atoms with van der Waals surface area (Å²) in [7, 11) is 0. The van der Waals surface area contributed by atoms with Crippen LogP contribution in [0.4, 0.5) is 0 Å². The summed E-state index contributed by atoms with van der Waals surface area (Å²) in [6, 6.07) is 10.4. The second-order valence-electron chi connectivity index (χ2n) is 4.50.